The number of hydrogen-bond acceptors (Lipinski definition) is 2. The molecule has 0 saturated carbocycles. The third-order valence-corrected chi connectivity index (χ3v) is 1.09. The zero-order valence-electron chi connectivity index (χ0n) is 5.46. The Balaban J connectivity index is 2.69. The van der Waals surface area contributed by atoms with E-state index >= 15 is 0 Å². The van der Waals surface area contributed by atoms with Crippen LogP contribution in [0.4, 0.5) is 0 Å². The zero-order valence-corrected chi connectivity index (χ0v) is 5.46. The van der Waals surface area contributed by atoms with Crippen molar-refractivity contribution in [1.82, 2.24) is 10.4 Å². The van der Waals surface area contributed by atoms with Crippen molar-refractivity contribution in [2.75, 3.05) is 7.05 Å². The maximum absolute atomic E-state index is 3.77. The molecular weight excluding hydrogens is 112 g/mol. The highest BCUT2D eigenvalue weighted by Gasteiger charge is 1.88. The van der Waals surface area contributed by atoms with Crippen molar-refractivity contribution in [3.63, 3.8) is 0 Å². The van der Waals surface area contributed by atoms with Crippen LogP contribution in [0.1, 0.15) is 0 Å². The second-order valence-corrected chi connectivity index (χ2v) is 1.96. The first-order valence-corrected chi connectivity index (χ1v) is 2.82. The molecule has 0 atom stereocenters. The van der Waals surface area contributed by atoms with Gasteiger partial charge in [-0.3, -0.25) is 5.01 Å². The molecule has 48 valence electrons. The number of nitrogens with zero attached hydrogens (tertiary/aromatic N) is 1. The van der Waals surface area contributed by atoms with Crippen LogP contribution in [0.2, 0.25) is 0 Å². The minimum Gasteiger partial charge on any atom is -0.306 e. The van der Waals surface area contributed by atoms with Crippen LogP contribution in [0, 0.1) is 0 Å². The highest BCUT2D eigenvalue weighted by molar-refractivity contribution is 5.27. The van der Waals surface area contributed by atoms with E-state index in [4.69, 9.17) is 0 Å². The molecule has 1 N–H and O–H groups in total. The molecule has 2 heteroatoms. The number of allylic oxidation sites excluding steroid dienone is 3. The molecule has 1 rings (SSSR count). The summed E-state index contributed by atoms with van der Waals surface area (Å²) in [4.78, 5) is 0. The predicted octanol–water partition coefficient (Wildman–Crippen LogP) is 1.02. The molecule has 0 fully saturated rings. The van der Waals surface area contributed by atoms with Crippen LogP contribution in [0.25, 0.3) is 0 Å². The topological polar surface area (TPSA) is 15.3 Å². The highest BCUT2D eigenvalue weighted by Crippen LogP contribution is 1.97. The van der Waals surface area contributed by atoms with Crippen LogP contribution < -0.4 is 5.43 Å². The number of hydrazine groups is 1. The van der Waals surface area contributed by atoms with Gasteiger partial charge in [0.05, 0.1) is 0 Å². The summed E-state index contributed by atoms with van der Waals surface area (Å²) in [7, 11) is 1.93. The second-order valence-electron chi connectivity index (χ2n) is 1.96. The molecule has 1 heterocycles. The average Bonchev–Trinajstić information content (AvgIpc) is 1.97. The molecule has 0 aromatic heterocycles. The van der Waals surface area contributed by atoms with E-state index in [-0.39, 0.29) is 0 Å². The Labute approximate surface area is 55.1 Å². The molecule has 1 aliphatic rings. The van der Waals surface area contributed by atoms with Gasteiger partial charge < -0.3 is 5.43 Å². The molecule has 0 spiro atoms. The van der Waals surface area contributed by atoms with Crippen molar-refractivity contribution >= 4 is 0 Å². The van der Waals surface area contributed by atoms with Gasteiger partial charge in [-0.05, 0) is 17.7 Å². The standard InChI is InChI=1S/C7H10N2/c1-7-3-5-8-9(2)6-4-7/h3-6,8H,1H2,2H3. The average molecular weight is 122 g/mol. The summed E-state index contributed by atoms with van der Waals surface area (Å²) in [5.41, 5.74) is 3.99. The van der Waals surface area contributed by atoms with E-state index in [0.717, 1.165) is 5.57 Å². The lowest BCUT2D eigenvalue weighted by Gasteiger charge is -2.10. The molecule has 0 aliphatic carbocycles. The van der Waals surface area contributed by atoms with Crippen molar-refractivity contribution in [2.45, 2.75) is 0 Å². The summed E-state index contributed by atoms with van der Waals surface area (Å²) in [5.74, 6) is 0. The van der Waals surface area contributed by atoms with Gasteiger partial charge in [-0.1, -0.05) is 6.58 Å². The molecule has 0 aromatic rings. The molecule has 0 saturated heterocycles. The van der Waals surface area contributed by atoms with Crippen molar-refractivity contribution in [3.05, 3.63) is 36.7 Å². The summed E-state index contributed by atoms with van der Waals surface area (Å²) in [5, 5.41) is 1.86. The van der Waals surface area contributed by atoms with Crippen LogP contribution >= 0.6 is 0 Å². The first-order valence-electron chi connectivity index (χ1n) is 2.82. The van der Waals surface area contributed by atoms with Crippen LogP contribution in [0.15, 0.2) is 36.7 Å². The third-order valence-electron chi connectivity index (χ3n) is 1.09. The number of rotatable bonds is 0. The lowest BCUT2D eigenvalue weighted by Crippen LogP contribution is -2.22. The predicted molar refractivity (Wildman–Crippen MR) is 38.3 cm³/mol. The fourth-order valence-electron chi connectivity index (χ4n) is 0.568. The fraction of sp³-hybridized carbons (Fsp3) is 0.143. The van der Waals surface area contributed by atoms with Crippen molar-refractivity contribution < 1.29 is 0 Å². The van der Waals surface area contributed by atoms with E-state index in [1.165, 1.54) is 0 Å². The molecular formula is C7H10N2. The minimum absolute atomic E-state index is 1.01. The molecule has 0 unspecified atom stereocenters. The summed E-state index contributed by atoms with van der Waals surface area (Å²) < 4.78 is 0. The summed E-state index contributed by atoms with van der Waals surface area (Å²) in [6.45, 7) is 3.77. The van der Waals surface area contributed by atoms with E-state index in [2.05, 4.69) is 12.0 Å². The van der Waals surface area contributed by atoms with Crippen LogP contribution in [-0.2, 0) is 0 Å². The number of nitrogens with one attached hydrogen (secondary N) is 1. The molecule has 0 aromatic carbocycles. The Morgan fingerprint density at radius 2 is 2.33 bits per heavy atom. The molecule has 1 aliphatic heterocycles. The van der Waals surface area contributed by atoms with E-state index in [1.807, 2.05) is 36.6 Å². The van der Waals surface area contributed by atoms with Crippen LogP contribution in [0.3, 0.4) is 0 Å². The maximum Gasteiger partial charge on any atom is 0.0274 e. The smallest absolute Gasteiger partial charge is 0.0274 e. The lowest BCUT2D eigenvalue weighted by atomic mass is 10.3. The first-order chi connectivity index (χ1) is 4.29. The highest BCUT2D eigenvalue weighted by atomic mass is 15.5. The maximum atomic E-state index is 3.77. The van der Waals surface area contributed by atoms with Crippen molar-refractivity contribution in [3.8, 4) is 0 Å². The molecule has 0 amide bonds. The van der Waals surface area contributed by atoms with Gasteiger partial charge in [-0.25, -0.2) is 0 Å². The Bertz CT molecular complexity index is 168. The van der Waals surface area contributed by atoms with Gasteiger partial charge in [0.2, 0.25) is 0 Å². The van der Waals surface area contributed by atoms with Crippen LogP contribution in [0.5, 0.6) is 0 Å². The summed E-state index contributed by atoms with van der Waals surface area (Å²) in [6, 6.07) is 0. The normalized spacial score (nSPS) is 17.4. The van der Waals surface area contributed by atoms with Gasteiger partial charge in [0, 0.05) is 19.4 Å². The van der Waals surface area contributed by atoms with Gasteiger partial charge in [-0.15, -0.1) is 0 Å². The van der Waals surface area contributed by atoms with E-state index in [9.17, 15) is 0 Å². The van der Waals surface area contributed by atoms with Crippen molar-refractivity contribution in [2.24, 2.45) is 0 Å². The molecule has 9 heavy (non-hydrogen) atoms. The molecule has 2 nitrogen and oxygen atoms in total. The third kappa shape index (κ3) is 1.64. The van der Waals surface area contributed by atoms with E-state index in [1.54, 1.807) is 0 Å². The largest absolute Gasteiger partial charge is 0.306 e. The first kappa shape index (κ1) is 5.95. The van der Waals surface area contributed by atoms with Gasteiger partial charge >= 0.3 is 0 Å². The monoisotopic (exact) mass is 122 g/mol. The minimum atomic E-state index is 1.01. The number of hydrogen-bond donors (Lipinski definition) is 1. The van der Waals surface area contributed by atoms with Crippen LogP contribution in [-0.4, -0.2) is 12.1 Å². The Hall–Kier alpha value is -1.18. The van der Waals surface area contributed by atoms with E-state index < -0.39 is 0 Å². The van der Waals surface area contributed by atoms with Gasteiger partial charge in [0.15, 0.2) is 0 Å². The molecule has 0 radical (unpaired) electrons. The van der Waals surface area contributed by atoms with Gasteiger partial charge in [0.1, 0.15) is 0 Å². The Kier molecular flexibility index (Phi) is 1.58. The van der Waals surface area contributed by atoms with E-state index in [0.29, 0.717) is 0 Å². The fourth-order valence-corrected chi connectivity index (χ4v) is 0.568. The Morgan fingerprint density at radius 1 is 1.56 bits per heavy atom. The van der Waals surface area contributed by atoms with Gasteiger partial charge in [0.25, 0.3) is 0 Å². The van der Waals surface area contributed by atoms with Crippen molar-refractivity contribution in [1.29, 1.82) is 0 Å². The van der Waals surface area contributed by atoms with Gasteiger partial charge in [-0.2, -0.15) is 0 Å². The Morgan fingerprint density at radius 3 is 3.11 bits per heavy atom. The zero-order chi connectivity index (χ0) is 6.69. The second kappa shape index (κ2) is 2.40. The molecule has 0 bridgehead atoms. The lowest BCUT2D eigenvalue weighted by molar-refractivity contribution is 0.389. The SMILES string of the molecule is C=C1C=CNN(C)C=C1. The summed E-state index contributed by atoms with van der Waals surface area (Å²) in [6.07, 6.45) is 7.63. The summed E-state index contributed by atoms with van der Waals surface area (Å²) >= 11 is 0. The quantitative estimate of drug-likeness (QED) is 0.516.